The third-order valence-electron chi connectivity index (χ3n) is 5.43. The molecule has 0 spiro atoms. The summed E-state index contributed by atoms with van der Waals surface area (Å²) in [6.45, 7) is 2.54. The second-order valence-electron chi connectivity index (χ2n) is 9.14. The summed E-state index contributed by atoms with van der Waals surface area (Å²) in [5.74, 6) is 0. The Morgan fingerprint density at radius 3 is 1.85 bits per heavy atom. The molecule has 33 heavy (non-hydrogen) atoms. The Morgan fingerprint density at radius 1 is 0.818 bits per heavy atom. The average molecular weight is 494 g/mol. The Labute approximate surface area is 203 Å². The van der Waals surface area contributed by atoms with Gasteiger partial charge < -0.3 is 19.6 Å². The molecule has 0 saturated carbocycles. The van der Waals surface area contributed by atoms with Gasteiger partial charge in [0, 0.05) is 6.54 Å². The Morgan fingerprint density at radius 2 is 1.33 bits per heavy atom. The van der Waals surface area contributed by atoms with Crippen molar-refractivity contribution in [3.63, 3.8) is 0 Å². The van der Waals surface area contributed by atoms with Gasteiger partial charge >= 0.3 is 7.82 Å². The third kappa shape index (κ3) is 26.0. The van der Waals surface area contributed by atoms with E-state index in [1.54, 1.807) is 6.26 Å². The molecule has 2 N–H and O–H groups in total. The predicted molar refractivity (Wildman–Crippen MR) is 136 cm³/mol. The van der Waals surface area contributed by atoms with Gasteiger partial charge in [0.25, 0.3) is 0 Å². The van der Waals surface area contributed by atoms with Crippen molar-refractivity contribution in [2.75, 3.05) is 40.5 Å². The summed E-state index contributed by atoms with van der Waals surface area (Å²) in [4.78, 5) is 11.4. The van der Waals surface area contributed by atoms with Crippen LogP contribution in [0.5, 0.6) is 0 Å². The number of unbranched alkanes of at least 4 members (excludes halogenated alkanes) is 14. The summed E-state index contributed by atoms with van der Waals surface area (Å²) in [5.41, 5.74) is 0. The topological polar surface area (TPSA) is 88.5 Å². The quantitative estimate of drug-likeness (QED) is 0.0859. The number of aliphatic hydroxyl groups is 1. The molecule has 0 radical (unpaired) electrons. The van der Waals surface area contributed by atoms with Gasteiger partial charge in [-0.3, -0.25) is 9.05 Å². The van der Waals surface area contributed by atoms with Gasteiger partial charge in [0.2, 0.25) is 0 Å². The van der Waals surface area contributed by atoms with Crippen LogP contribution in [-0.2, 0) is 18.3 Å². The van der Waals surface area contributed by atoms with Gasteiger partial charge in [-0.05, 0) is 33.0 Å². The molecule has 0 amide bonds. The predicted octanol–water partition coefficient (Wildman–Crippen LogP) is 6.44. The minimum Gasteiger partial charge on any atom is -0.499 e. The van der Waals surface area contributed by atoms with E-state index < -0.39 is 13.9 Å². The number of nitrogens with zero attached hydrogens (tertiary/aromatic N) is 1. The maximum Gasteiger partial charge on any atom is 0.472 e. The van der Waals surface area contributed by atoms with Crippen molar-refractivity contribution in [1.29, 1.82) is 0 Å². The standard InChI is InChI=1S/C25H52NO6P/c1-4-5-6-7-8-9-10-11-12-13-14-15-16-17-18-19-21-30-23-25(27)24-32-33(28,29)31-22-20-26(2)3/h19,21,25,27H,4-18,20,22-24H2,1-3H3,(H,28,29)/b21-19-. The maximum absolute atomic E-state index is 11.7. The summed E-state index contributed by atoms with van der Waals surface area (Å²) in [5, 5.41) is 9.78. The van der Waals surface area contributed by atoms with Gasteiger partial charge in [0.1, 0.15) is 12.7 Å². The molecule has 0 aliphatic rings. The number of hydrogen-bond donors (Lipinski definition) is 2. The van der Waals surface area contributed by atoms with Crippen LogP contribution < -0.4 is 0 Å². The van der Waals surface area contributed by atoms with E-state index in [1.165, 1.54) is 83.5 Å². The van der Waals surface area contributed by atoms with Crippen molar-refractivity contribution >= 4 is 7.82 Å². The molecular formula is C25H52NO6P. The van der Waals surface area contributed by atoms with Crippen LogP contribution in [0.25, 0.3) is 0 Å². The van der Waals surface area contributed by atoms with E-state index in [2.05, 4.69) is 6.92 Å². The van der Waals surface area contributed by atoms with E-state index in [0.717, 1.165) is 12.8 Å². The number of ether oxygens (including phenoxy) is 1. The summed E-state index contributed by atoms with van der Waals surface area (Å²) >= 11 is 0. The molecule has 0 heterocycles. The molecule has 0 saturated heterocycles. The van der Waals surface area contributed by atoms with Gasteiger partial charge in [-0.25, -0.2) is 4.57 Å². The molecule has 0 aliphatic heterocycles. The van der Waals surface area contributed by atoms with Crippen LogP contribution in [0.1, 0.15) is 103 Å². The van der Waals surface area contributed by atoms with Crippen LogP contribution in [0.4, 0.5) is 0 Å². The lowest BCUT2D eigenvalue weighted by Gasteiger charge is -2.16. The third-order valence-corrected chi connectivity index (χ3v) is 6.41. The number of phosphoric ester groups is 1. The number of likely N-dealkylation sites (N-methyl/N-ethyl adjacent to an activating group) is 1. The van der Waals surface area contributed by atoms with Gasteiger partial charge in [-0.15, -0.1) is 0 Å². The first-order chi connectivity index (χ1) is 15.9. The zero-order valence-electron chi connectivity index (χ0n) is 21.6. The van der Waals surface area contributed by atoms with Crippen molar-refractivity contribution in [3.05, 3.63) is 12.3 Å². The van der Waals surface area contributed by atoms with Crippen LogP contribution in [0.2, 0.25) is 0 Å². The molecule has 0 rings (SSSR count). The van der Waals surface area contributed by atoms with E-state index in [4.69, 9.17) is 13.8 Å². The number of hydrogen-bond acceptors (Lipinski definition) is 6. The lowest BCUT2D eigenvalue weighted by atomic mass is 10.0. The smallest absolute Gasteiger partial charge is 0.472 e. The van der Waals surface area contributed by atoms with E-state index in [1.807, 2.05) is 25.1 Å². The van der Waals surface area contributed by atoms with E-state index in [0.29, 0.717) is 6.54 Å². The van der Waals surface area contributed by atoms with E-state index in [-0.39, 0.29) is 19.8 Å². The van der Waals surface area contributed by atoms with Gasteiger partial charge in [0.05, 0.1) is 19.5 Å². The highest BCUT2D eigenvalue weighted by molar-refractivity contribution is 7.47. The Balaban J connectivity index is 3.41. The summed E-state index contributed by atoms with van der Waals surface area (Å²) in [6.07, 6.45) is 22.4. The molecule has 0 aromatic carbocycles. The molecule has 0 aliphatic carbocycles. The summed E-state index contributed by atoms with van der Waals surface area (Å²) in [7, 11) is -0.474. The Hall–Kier alpha value is -0.430. The fourth-order valence-corrected chi connectivity index (χ4v) is 4.11. The molecule has 8 heteroatoms. The first-order valence-electron chi connectivity index (χ1n) is 13.1. The van der Waals surface area contributed by atoms with Crippen LogP contribution in [-0.4, -0.2) is 61.5 Å². The minimum absolute atomic E-state index is 0.00688. The number of phosphoric acid groups is 1. The van der Waals surface area contributed by atoms with Crippen molar-refractivity contribution in [2.45, 2.75) is 109 Å². The van der Waals surface area contributed by atoms with Crippen molar-refractivity contribution in [3.8, 4) is 0 Å². The van der Waals surface area contributed by atoms with Crippen LogP contribution in [0, 0.1) is 0 Å². The molecule has 2 unspecified atom stereocenters. The van der Waals surface area contributed by atoms with Gasteiger partial charge in [-0.2, -0.15) is 0 Å². The molecule has 0 aromatic heterocycles. The lowest BCUT2D eigenvalue weighted by Crippen LogP contribution is -2.21. The maximum atomic E-state index is 11.7. The summed E-state index contributed by atoms with van der Waals surface area (Å²) < 4.78 is 26.5. The minimum atomic E-state index is -4.14. The van der Waals surface area contributed by atoms with Crippen LogP contribution in [0.3, 0.4) is 0 Å². The number of rotatable bonds is 25. The van der Waals surface area contributed by atoms with Crippen molar-refractivity contribution in [1.82, 2.24) is 4.90 Å². The van der Waals surface area contributed by atoms with Crippen molar-refractivity contribution in [2.24, 2.45) is 0 Å². The zero-order valence-corrected chi connectivity index (χ0v) is 22.5. The van der Waals surface area contributed by atoms with Crippen molar-refractivity contribution < 1.29 is 28.3 Å². The molecule has 198 valence electrons. The lowest BCUT2D eigenvalue weighted by molar-refractivity contribution is 0.0302. The highest BCUT2D eigenvalue weighted by atomic mass is 31.2. The molecule has 0 aromatic rings. The number of aliphatic hydroxyl groups excluding tert-OH is 1. The van der Waals surface area contributed by atoms with E-state index in [9.17, 15) is 14.6 Å². The highest BCUT2D eigenvalue weighted by Crippen LogP contribution is 2.42. The fourth-order valence-electron chi connectivity index (χ4n) is 3.36. The molecule has 2 atom stereocenters. The van der Waals surface area contributed by atoms with Crippen LogP contribution >= 0.6 is 7.82 Å². The molecule has 0 fully saturated rings. The van der Waals surface area contributed by atoms with Gasteiger partial charge in [-0.1, -0.05) is 90.4 Å². The first kappa shape index (κ1) is 32.6. The molecule has 0 bridgehead atoms. The molecular weight excluding hydrogens is 441 g/mol. The second kappa shape index (κ2) is 23.3. The highest BCUT2D eigenvalue weighted by Gasteiger charge is 2.22. The number of allylic oxidation sites excluding steroid dienone is 1. The largest absolute Gasteiger partial charge is 0.499 e. The zero-order chi connectivity index (χ0) is 24.6. The fraction of sp³-hybridized carbons (Fsp3) is 0.920. The molecule has 7 nitrogen and oxygen atoms in total. The SMILES string of the molecule is CCCCCCCCCCCCCCCC/C=C\OCC(O)COP(=O)(O)OCCN(C)C. The summed E-state index contributed by atoms with van der Waals surface area (Å²) in [6, 6.07) is 0. The Kier molecular flexibility index (Phi) is 23.0. The monoisotopic (exact) mass is 493 g/mol. The van der Waals surface area contributed by atoms with Gasteiger partial charge in [0.15, 0.2) is 0 Å². The second-order valence-corrected chi connectivity index (χ2v) is 10.6. The normalized spacial score (nSPS) is 14.7. The van der Waals surface area contributed by atoms with E-state index >= 15 is 0 Å². The van der Waals surface area contributed by atoms with Crippen LogP contribution in [0.15, 0.2) is 12.3 Å². The average Bonchev–Trinajstić information content (AvgIpc) is 2.76. The Bertz CT molecular complexity index is 490. The first-order valence-corrected chi connectivity index (χ1v) is 14.6.